The lowest BCUT2D eigenvalue weighted by atomic mass is 9.90. The van der Waals surface area contributed by atoms with E-state index in [0.29, 0.717) is 19.0 Å². The number of aromatic nitrogens is 2. The second-order valence-electron chi connectivity index (χ2n) is 5.56. The number of nitrogens with zero attached hydrogens (tertiary/aromatic N) is 3. The molecular formula is C17H22N6. The minimum absolute atomic E-state index is 0.449. The molecule has 0 unspecified atom stereocenters. The van der Waals surface area contributed by atoms with Crippen LogP contribution in [0.15, 0.2) is 41.8 Å². The molecule has 0 aliphatic heterocycles. The number of anilines is 2. The van der Waals surface area contributed by atoms with Crippen LogP contribution in [0.4, 0.5) is 11.5 Å². The molecule has 0 amide bonds. The van der Waals surface area contributed by atoms with Crippen LogP contribution in [0.2, 0.25) is 0 Å². The number of hydrogen-bond donors (Lipinski definition) is 3. The number of nitrogens with two attached hydrogens (primary N) is 1. The quantitative estimate of drug-likeness (QED) is 0.447. The summed E-state index contributed by atoms with van der Waals surface area (Å²) in [5.74, 6) is 1.19. The highest BCUT2D eigenvalue weighted by atomic mass is 15.1. The van der Waals surface area contributed by atoms with Gasteiger partial charge in [0.15, 0.2) is 5.96 Å². The standard InChI is InChI=1S/C17H22N6/c18-17(22-11-10-21-16-12-19-8-9-20-16)23-15-7-3-5-13-4-1-2-6-14(13)15/h3,5,7-9,12H,1-2,4,6,10-11H2,(H,20,21)(H3,18,22,23). The predicted octanol–water partition coefficient (Wildman–Crippen LogP) is 2.19. The third kappa shape index (κ3) is 4.18. The van der Waals surface area contributed by atoms with Crippen molar-refractivity contribution in [1.29, 1.82) is 0 Å². The predicted molar refractivity (Wildman–Crippen MR) is 93.7 cm³/mol. The topological polar surface area (TPSA) is 88.2 Å². The average Bonchev–Trinajstić information content (AvgIpc) is 2.60. The summed E-state index contributed by atoms with van der Waals surface area (Å²) in [4.78, 5) is 12.5. The van der Waals surface area contributed by atoms with Gasteiger partial charge in [-0.25, -0.2) is 4.98 Å². The molecule has 0 saturated carbocycles. The van der Waals surface area contributed by atoms with E-state index in [1.54, 1.807) is 18.6 Å². The molecule has 1 aromatic carbocycles. The first kappa shape index (κ1) is 15.3. The van der Waals surface area contributed by atoms with Crippen molar-refractivity contribution in [2.45, 2.75) is 25.7 Å². The van der Waals surface area contributed by atoms with Crippen molar-refractivity contribution < 1.29 is 0 Å². The van der Waals surface area contributed by atoms with Crippen molar-refractivity contribution in [2.75, 3.05) is 23.7 Å². The summed E-state index contributed by atoms with van der Waals surface area (Å²) in [6, 6.07) is 6.36. The molecule has 6 nitrogen and oxygen atoms in total. The normalized spacial score (nSPS) is 14.2. The van der Waals surface area contributed by atoms with Gasteiger partial charge in [0.05, 0.1) is 12.7 Å². The van der Waals surface area contributed by atoms with Crippen molar-refractivity contribution >= 4 is 17.5 Å². The van der Waals surface area contributed by atoms with E-state index in [9.17, 15) is 0 Å². The molecule has 0 fully saturated rings. The van der Waals surface area contributed by atoms with Gasteiger partial charge in [-0.05, 0) is 42.9 Å². The van der Waals surface area contributed by atoms with Crippen LogP contribution in [0.1, 0.15) is 24.0 Å². The minimum atomic E-state index is 0.449. The molecule has 1 aliphatic carbocycles. The highest BCUT2D eigenvalue weighted by Gasteiger charge is 2.12. The number of benzene rings is 1. The van der Waals surface area contributed by atoms with Crippen LogP contribution in [-0.4, -0.2) is 29.0 Å². The number of aryl methyl sites for hydroxylation is 1. The van der Waals surface area contributed by atoms with Gasteiger partial charge in [0, 0.05) is 24.6 Å². The summed E-state index contributed by atoms with van der Waals surface area (Å²) in [7, 11) is 0. The fraction of sp³-hybridized carbons (Fsp3) is 0.353. The molecule has 2 aromatic rings. The Kier molecular flexibility index (Phi) is 5.03. The lowest BCUT2D eigenvalue weighted by Gasteiger charge is -2.19. The second-order valence-corrected chi connectivity index (χ2v) is 5.56. The molecule has 0 bridgehead atoms. The summed E-state index contributed by atoms with van der Waals surface area (Å²) < 4.78 is 0. The van der Waals surface area contributed by atoms with Crippen LogP contribution in [0.5, 0.6) is 0 Å². The van der Waals surface area contributed by atoms with Crippen molar-refractivity contribution in [2.24, 2.45) is 10.7 Å². The Morgan fingerprint density at radius 1 is 1.22 bits per heavy atom. The maximum Gasteiger partial charge on any atom is 0.193 e. The van der Waals surface area contributed by atoms with Crippen LogP contribution in [0, 0.1) is 0 Å². The fourth-order valence-corrected chi connectivity index (χ4v) is 2.83. The molecule has 1 aliphatic rings. The molecule has 0 saturated heterocycles. The molecule has 1 aromatic heterocycles. The summed E-state index contributed by atoms with van der Waals surface area (Å²) in [6.07, 6.45) is 9.76. The maximum absolute atomic E-state index is 6.00. The molecular weight excluding hydrogens is 288 g/mol. The van der Waals surface area contributed by atoms with Crippen LogP contribution < -0.4 is 16.4 Å². The van der Waals surface area contributed by atoms with Crippen LogP contribution >= 0.6 is 0 Å². The van der Waals surface area contributed by atoms with E-state index < -0.39 is 0 Å². The highest BCUT2D eigenvalue weighted by Crippen LogP contribution is 2.27. The number of rotatable bonds is 5. The first-order valence-electron chi connectivity index (χ1n) is 8.00. The van der Waals surface area contributed by atoms with Gasteiger partial charge >= 0.3 is 0 Å². The maximum atomic E-state index is 6.00. The van der Waals surface area contributed by atoms with E-state index in [-0.39, 0.29) is 0 Å². The summed E-state index contributed by atoms with van der Waals surface area (Å²) in [5.41, 5.74) is 9.90. The third-order valence-corrected chi connectivity index (χ3v) is 3.92. The van der Waals surface area contributed by atoms with Gasteiger partial charge in [-0.15, -0.1) is 0 Å². The van der Waals surface area contributed by atoms with E-state index >= 15 is 0 Å². The number of fused-ring (bicyclic) bond motifs is 1. The third-order valence-electron chi connectivity index (χ3n) is 3.92. The SMILES string of the molecule is NC(=NCCNc1cnccn1)Nc1cccc2c1CCCC2. The first-order chi connectivity index (χ1) is 11.3. The molecule has 3 rings (SSSR count). The average molecular weight is 310 g/mol. The lowest BCUT2D eigenvalue weighted by molar-refractivity contribution is 0.687. The molecule has 1 heterocycles. The van der Waals surface area contributed by atoms with E-state index in [1.807, 2.05) is 0 Å². The number of aliphatic imine (C=N–C) groups is 1. The zero-order chi connectivity index (χ0) is 15.9. The molecule has 4 N–H and O–H groups in total. The number of nitrogens with one attached hydrogen (secondary N) is 2. The Balaban J connectivity index is 1.53. The van der Waals surface area contributed by atoms with Crippen molar-refractivity contribution in [3.63, 3.8) is 0 Å². The van der Waals surface area contributed by atoms with Gasteiger partial charge in [-0.3, -0.25) is 9.98 Å². The smallest absolute Gasteiger partial charge is 0.193 e. The van der Waals surface area contributed by atoms with Gasteiger partial charge in [-0.2, -0.15) is 0 Å². The largest absolute Gasteiger partial charge is 0.370 e. The van der Waals surface area contributed by atoms with E-state index in [4.69, 9.17) is 5.73 Å². The summed E-state index contributed by atoms with van der Waals surface area (Å²) in [5, 5.41) is 6.39. The van der Waals surface area contributed by atoms with Gasteiger partial charge in [-0.1, -0.05) is 12.1 Å². The lowest BCUT2D eigenvalue weighted by Crippen LogP contribution is -2.25. The Morgan fingerprint density at radius 2 is 2.13 bits per heavy atom. The van der Waals surface area contributed by atoms with Gasteiger partial charge in [0.2, 0.25) is 0 Å². The van der Waals surface area contributed by atoms with E-state index in [1.165, 1.54) is 24.0 Å². The molecule has 0 spiro atoms. The Bertz CT molecular complexity index is 668. The molecule has 6 heteroatoms. The first-order valence-corrected chi connectivity index (χ1v) is 8.00. The van der Waals surface area contributed by atoms with Crippen molar-refractivity contribution in [1.82, 2.24) is 9.97 Å². The zero-order valence-electron chi connectivity index (χ0n) is 13.1. The van der Waals surface area contributed by atoms with Crippen LogP contribution in [-0.2, 0) is 12.8 Å². The number of guanidine groups is 1. The second kappa shape index (κ2) is 7.58. The van der Waals surface area contributed by atoms with E-state index in [2.05, 4.69) is 43.8 Å². The van der Waals surface area contributed by atoms with Crippen LogP contribution in [0.3, 0.4) is 0 Å². The minimum Gasteiger partial charge on any atom is -0.370 e. The summed E-state index contributed by atoms with van der Waals surface area (Å²) in [6.45, 7) is 1.23. The van der Waals surface area contributed by atoms with Gasteiger partial charge in [0.1, 0.15) is 5.82 Å². The van der Waals surface area contributed by atoms with Crippen molar-refractivity contribution in [3.8, 4) is 0 Å². The molecule has 0 atom stereocenters. The fourth-order valence-electron chi connectivity index (χ4n) is 2.83. The zero-order valence-corrected chi connectivity index (χ0v) is 13.1. The Hall–Kier alpha value is -2.63. The number of hydrogen-bond acceptors (Lipinski definition) is 4. The molecule has 23 heavy (non-hydrogen) atoms. The Morgan fingerprint density at radius 3 is 3.00 bits per heavy atom. The van der Waals surface area contributed by atoms with Crippen LogP contribution in [0.25, 0.3) is 0 Å². The summed E-state index contributed by atoms with van der Waals surface area (Å²) >= 11 is 0. The molecule has 0 radical (unpaired) electrons. The Labute approximate surface area is 136 Å². The van der Waals surface area contributed by atoms with E-state index in [0.717, 1.165) is 24.3 Å². The van der Waals surface area contributed by atoms with Gasteiger partial charge in [0.25, 0.3) is 0 Å². The highest BCUT2D eigenvalue weighted by molar-refractivity contribution is 5.93. The molecule has 120 valence electrons. The van der Waals surface area contributed by atoms with Gasteiger partial charge < -0.3 is 16.4 Å². The van der Waals surface area contributed by atoms with Crippen molar-refractivity contribution in [3.05, 3.63) is 47.9 Å². The monoisotopic (exact) mass is 310 g/mol.